The Labute approximate surface area is 90.0 Å². The van der Waals surface area contributed by atoms with Crippen molar-refractivity contribution in [3.63, 3.8) is 0 Å². The minimum absolute atomic E-state index is 0.0174. The Morgan fingerprint density at radius 1 is 1.27 bits per heavy atom. The second-order valence-electron chi connectivity index (χ2n) is 4.44. The number of likely N-dealkylation sites (tertiary alicyclic amines) is 1. The Morgan fingerprint density at radius 3 is 2.60 bits per heavy atom. The summed E-state index contributed by atoms with van der Waals surface area (Å²) in [5, 5.41) is 3.34. The van der Waals surface area contributed by atoms with E-state index in [-0.39, 0.29) is 11.8 Å². The van der Waals surface area contributed by atoms with Crippen LogP contribution in [-0.2, 0) is 9.59 Å². The lowest BCUT2D eigenvalue weighted by Crippen LogP contribution is -2.35. The van der Waals surface area contributed by atoms with Crippen molar-refractivity contribution in [2.24, 2.45) is 5.92 Å². The molecule has 0 aromatic carbocycles. The molecular formula is C11H18N2O2. The van der Waals surface area contributed by atoms with Crippen LogP contribution >= 0.6 is 0 Å². The summed E-state index contributed by atoms with van der Waals surface area (Å²) in [6.07, 6.45) is 4.24. The largest absolute Gasteiger partial charge is 0.316 e. The topological polar surface area (TPSA) is 49.4 Å². The van der Waals surface area contributed by atoms with E-state index in [1.54, 1.807) is 0 Å². The van der Waals surface area contributed by atoms with E-state index in [1.165, 1.54) is 17.7 Å². The summed E-state index contributed by atoms with van der Waals surface area (Å²) in [4.78, 5) is 24.1. The van der Waals surface area contributed by atoms with E-state index in [0.717, 1.165) is 19.5 Å². The summed E-state index contributed by atoms with van der Waals surface area (Å²) in [6, 6.07) is 0. The lowest BCUT2D eigenvalue weighted by molar-refractivity contribution is -0.138. The molecule has 2 rings (SSSR count). The molecule has 0 radical (unpaired) electrons. The van der Waals surface area contributed by atoms with Gasteiger partial charge in [0.25, 0.3) is 0 Å². The number of nitrogens with one attached hydrogen (secondary N) is 1. The van der Waals surface area contributed by atoms with Crippen molar-refractivity contribution < 1.29 is 9.59 Å². The van der Waals surface area contributed by atoms with E-state index in [4.69, 9.17) is 0 Å². The Hall–Kier alpha value is -0.900. The quantitative estimate of drug-likeness (QED) is 0.691. The minimum atomic E-state index is 0.0174. The molecule has 2 heterocycles. The first kappa shape index (κ1) is 10.6. The maximum atomic E-state index is 11.3. The highest BCUT2D eigenvalue weighted by atomic mass is 16.2. The number of hydrogen-bond acceptors (Lipinski definition) is 3. The fraction of sp³-hybridized carbons (Fsp3) is 0.818. The molecule has 2 amide bonds. The van der Waals surface area contributed by atoms with Crippen LogP contribution in [0.4, 0.5) is 0 Å². The van der Waals surface area contributed by atoms with E-state index < -0.39 is 0 Å². The van der Waals surface area contributed by atoms with Crippen LogP contribution in [0, 0.1) is 5.92 Å². The maximum Gasteiger partial charge on any atom is 0.229 e. The molecular weight excluding hydrogens is 192 g/mol. The Kier molecular flexibility index (Phi) is 3.36. The molecule has 0 saturated carbocycles. The van der Waals surface area contributed by atoms with Crippen LogP contribution in [0.2, 0.25) is 0 Å². The molecule has 84 valence electrons. The van der Waals surface area contributed by atoms with E-state index in [9.17, 15) is 9.59 Å². The fourth-order valence-corrected chi connectivity index (χ4v) is 2.35. The van der Waals surface area contributed by atoms with Crippen molar-refractivity contribution >= 4 is 11.8 Å². The first-order valence-electron chi connectivity index (χ1n) is 5.81. The Balaban J connectivity index is 1.76. The number of carbonyl (C=O) groups excluding carboxylic acids is 2. The third kappa shape index (κ3) is 2.56. The van der Waals surface area contributed by atoms with Crippen LogP contribution in [-0.4, -0.2) is 36.3 Å². The summed E-state index contributed by atoms with van der Waals surface area (Å²) >= 11 is 0. The molecule has 2 saturated heterocycles. The van der Waals surface area contributed by atoms with E-state index in [1.807, 2.05) is 0 Å². The number of nitrogens with zero attached hydrogens (tertiary/aromatic N) is 1. The van der Waals surface area contributed by atoms with Crippen LogP contribution in [0.3, 0.4) is 0 Å². The van der Waals surface area contributed by atoms with Crippen molar-refractivity contribution in [1.29, 1.82) is 0 Å². The highest BCUT2D eigenvalue weighted by molar-refractivity contribution is 6.01. The lowest BCUT2D eigenvalue weighted by Gasteiger charge is -2.24. The molecule has 1 atom stereocenters. The van der Waals surface area contributed by atoms with E-state index >= 15 is 0 Å². The highest BCUT2D eigenvalue weighted by Crippen LogP contribution is 2.17. The van der Waals surface area contributed by atoms with Gasteiger partial charge < -0.3 is 5.32 Å². The zero-order valence-electron chi connectivity index (χ0n) is 9.00. The summed E-state index contributed by atoms with van der Waals surface area (Å²) in [6.45, 7) is 2.78. The SMILES string of the molecule is O=C1CCC(=O)N1CCC1CCCNC1. The van der Waals surface area contributed by atoms with Crippen LogP contribution < -0.4 is 5.32 Å². The molecule has 0 aliphatic carbocycles. The first-order chi connectivity index (χ1) is 7.27. The number of piperidine rings is 1. The fourth-order valence-electron chi connectivity index (χ4n) is 2.35. The predicted molar refractivity (Wildman–Crippen MR) is 56.2 cm³/mol. The number of carbonyl (C=O) groups is 2. The van der Waals surface area contributed by atoms with Gasteiger partial charge in [-0.1, -0.05) is 0 Å². The summed E-state index contributed by atoms with van der Waals surface area (Å²) in [7, 11) is 0. The molecule has 1 N–H and O–H groups in total. The van der Waals surface area contributed by atoms with Gasteiger partial charge in [0.15, 0.2) is 0 Å². The molecule has 0 bridgehead atoms. The van der Waals surface area contributed by atoms with Crippen molar-refractivity contribution in [2.75, 3.05) is 19.6 Å². The van der Waals surface area contributed by atoms with Gasteiger partial charge in [-0.2, -0.15) is 0 Å². The molecule has 15 heavy (non-hydrogen) atoms. The second kappa shape index (κ2) is 4.75. The van der Waals surface area contributed by atoms with Crippen molar-refractivity contribution in [3.05, 3.63) is 0 Å². The van der Waals surface area contributed by atoms with Crippen LogP contribution in [0.1, 0.15) is 32.1 Å². The van der Waals surface area contributed by atoms with Crippen LogP contribution in [0.25, 0.3) is 0 Å². The number of amides is 2. The first-order valence-corrected chi connectivity index (χ1v) is 5.81. The number of hydrogen-bond donors (Lipinski definition) is 1. The average Bonchev–Trinajstić information content (AvgIpc) is 2.58. The van der Waals surface area contributed by atoms with Crippen molar-refractivity contribution in [2.45, 2.75) is 32.1 Å². The van der Waals surface area contributed by atoms with Gasteiger partial charge in [-0.25, -0.2) is 0 Å². The van der Waals surface area contributed by atoms with Gasteiger partial charge in [0, 0.05) is 19.4 Å². The predicted octanol–water partition coefficient (Wildman–Crippen LogP) is 0.525. The smallest absolute Gasteiger partial charge is 0.229 e. The zero-order chi connectivity index (χ0) is 10.7. The number of imide groups is 1. The third-order valence-corrected chi connectivity index (χ3v) is 3.31. The molecule has 2 aliphatic heterocycles. The maximum absolute atomic E-state index is 11.3. The van der Waals surface area contributed by atoms with Gasteiger partial charge in [-0.05, 0) is 38.3 Å². The summed E-state index contributed by atoms with van der Waals surface area (Å²) < 4.78 is 0. The number of rotatable bonds is 3. The van der Waals surface area contributed by atoms with Gasteiger partial charge in [-0.3, -0.25) is 14.5 Å². The molecule has 4 nitrogen and oxygen atoms in total. The Bertz CT molecular complexity index is 243. The molecule has 2 aliphatic rings. The highest BCUT2D eigenvalue weighted by Gasteiger charge is 2.29. The van der Waals surface area contributed by atoms with Gasteiger partial charge in [0.2, 0.25) is 11.8 Å². The normalized spacial score (nSPS) is 27.5. The Morgan fingerprint density at radius 2 is 2.00 bits per heavy atom. The standard InChI is InChI=1S/C11H18N2O2/c14-10-3-4-11(15)13(10)7-5-9-2-1-6-12-8-9/h9,12H,1-8H2. The van der Waals surface area contributed by atoms with Crippen molar-refractivity contribution in [3.8, 4) is 0 Å². The van der Waals surface area contributed by atoms with Gasteiger partial charge >= 0.3 is 0 Å². The van der Waals surface area contributed by atoms with Crippen LogP contribution in [0.15, 0.2) is 0 Å². The summed E-state index contributed by atoms with van der Waals surface area (Å²) in [5.74, 6) is 0.674. The van der Waals surface area contributed by atoms with E-state index in [2.05, 4.69) is 5.32 Å². The average molecular weight is 210 g/mol. The summed E-state index contributed by atoms with van der Waals surface area (Å²) in [5.41, 5.74) is 0. The van der Waals surface area contributed by atoms with Crippen molar-refractivity contribution in [1.82, 2.24) is 10.2 Å². The second-order valence-corrected chi connectivity index (χ2v) is 4.44. The minimum Gasteiger partial charge on any atom is -0.316 e. The van der Waals surface area contributed by atoms with Gasteiger partial charge in [-0.15, -0.1) is 0 Å². The molecule has 0 aromatic heterocycles. The molecule has 0 spiro atoms. The van der Waals surface area contributed by atoms with E-state index in [0.29, 0.717) is 25.3 Å². The van der Waals surface area contributed by atoms with Crippen LogP contribution in [0.5, 0.6) is 0 Å². The lowest BCUT2D eigenvalue weighted by atomic mass is 9.96. The molecule has 2 fully saturated rings. The monoisotopic (exact) mass is 210 g/mol. The molecule has 4 heteroatoms. The molecule has 1 unspecified atom stereocenters. The third-order valence-electron chi connectivity index (χ3n) is 3.31. The molecule has 0 aromatic rings. The van der Waals surface area contributed by atoms with Gasteiger partial charge in [0.05, 0.1) is 0 Å². The van der Waals surface area contributed by atoms with Gasteiger partial charge in [0.1, 0.15) is 0 Å². The zero-order valence-corrected chi connectivity index (χ0v) is 9.00.